The zero-order chi connectivity index (χ0) is 15.8. The quantitative estimate of drug-likeness (QED) is 0.463. The summed E-state index contributed by atoms with van der Waals surface area (Å²) in [6.45, 7) is 10.5. The number of unbranched alkanes of at least 4 members (excludes halogenated alkanes) is 3. The first-order chi connectivity index (χ1) is 9.95. The van der Waals surface area contributed by atoms with Crippen molar-refractivity contribution in [2.45, 2.75) is 72.8 Å². The van der Waals surface area contributed by atoms with Gasteiger partial charge in [-0.05, 0) is 45.2 Å². The van der Waals surface area contributed by atoms with E-state index in [2.05, 4.69) is 32.9 Å². The maximum Gasteiger partial charge on any atom is 0.189 e. The Bertz CT molecular complexity index is 440. The number of aryl methyl sites for hydroxylation is 3. The lowest BCUT2D eigenvalue weighted by atomic mass is 9.97. The van der Waals surface area contributed by atoms with Crippen LogP contribution < -0.4 is 0 Å². The fourth-order valence-corrected chi connectivity index (χ4v) is 2.85. The number of carbonyl (C=O) groups excluding carboxylic acids is 1. The topological polar surface area (TPSA) is 26.3 Å². The summed E-state index contributed by atoms with van der Waals surface area (Å²) in [5.74, 6) is 0.102. The van der Waals surface area contributed by atoms with Crippen LogP contribution in [0.1, 0.15) is 73.0 Å². The Morgan fingerprint density at radius 3 is 2.29 bits per heavy atom. The van der Waals surface area contributed by atoms with Crippen molar-refractivity contribution in [1.82, 2.24) is 0 Å². The standard InChI is InChI=1S/C19H30O2/c1-6-7-8-9-10-17(5)21-13-18(20)19-15(3)11-14(2)12-16(19)4/h11-12,17H,6-10,13H2,1-5H3. The van der Waals surface area contributed by atoms with Gasteiger partial charge in [0.05, 0.1) is 6.10 Å². The molecule has 0 saturated heterocycles. The summed E-state index contributed by atoms with van der Waals surface area (Å²) in [4.78, 5) is 12.4. The summed E-state index contributed by atoms with van der Waals surface area (Å²) in [7, 11) is 0. The van der Waals surface area contributed by atoms with Gasteiger partial charge in [-0.1, -0.05) is 50.3 Å². The predicted octanol–water partition coefficient (Wildman–Crippen LogP) is 5.17. The van der Waals surface area contributed by atoms with Crippen molar-refractivity contribution in [2.75, 3.05) is 6.61 Å². The van der Waals surface area contributed by atoms with Crippen molar-refractivity contribution in [2.24, 2.45) is 0 Å². The van der Waals surface area contributed by atoms with E-state index in [4.69, 9.17) is 4.74 Å². The number of ether oxygens (including phenoxy) is 1. The molecule has 0 bridgehead atoms. The highest BCUT2D eigenvalue weighted by molar-refractivity contribution is 5.99. The van der Waals surface area contributed by atoms with E-state index in [0.717, 1.165) is 23.1 Å². The van der Waals surface area contributed by atoms with E-state index in [1.54, 1.807) is 0 Å². The van der Waals surface area contributed by atoms with E-state index < -0.39 is 0 Å². The summed E-state index contributed by atoms with van der Waals surface area (Å²) in [5, 5.41) is 0. The van der Waals surface area contributed by atoms with E-state index in [-0.39, 0.29) is 18.5 Å². The van der Waals surface area contributed by atoms with Gasteiger partial charge in [-0.3, -0.25) is 4.79 Å². The molecule has 0 aliphatic rings. The second kappa shape index (κ2) is 8.99. The zero-order valence-electron chi connectivity index (χ0n) is 14.3. The minimum atomic E-state index is 0.102. The highest BCUT2D eigenvalue weighted by Crippen LogP contribution is 2.17. The number of hydrogen-bond donors (Lipinski definition) is 0. The largest absolute Gasteiger partial charge is 0.370 e. The average Bonchev–Trinajstić information content (AvgIpc) is 2.40. The SMILES string of the molecule is CCCCCCC(C)OCC(=O)c1c(C)cc(C)cc1C. The second-order valence-corrected chi connectivity index (χ2v) is 6.17. The number of Topliss-reactive ketones (excluding diaryl/α,β-unsaturated/α-hetero) is 1. The van der Waals surface area contributed by atoms with Crippen LogP contribution in [0.25, 0.3) is 0 Å². The monoisotopic (exact) mass is 290 g/mol. The van der Waals surface area contributed by atoms with Gasteiger partial charge in [0.2, 0.25) is 0 Å². The molecule has 1 unspecified atom stereocenters. The minimum Gasteiger partial charge on any atom is -0.370 e. The van der Waals surface area contributed by atoms with Gasteiger partial charge in [0.25, 0.3) is 0 Å². The van der Waals surface area contributed by atoms with Crippen LogP contribution in [-0.2, 0) is 4.74 Å². The van der Waals surface area contributed by atoms with Crippen LogP contribution >= 0.6 is 0 Å². The van der Waals surface area contributed by atoms with Crippen molar-refractivity contribution in [3.63, 3.8) is 0 Å². The van der Waals surface area contributed by atoms with Crippen LogP contribution in [0.2, 0.25) is 0 Å². The van der Waals surface area contributed by atoms with Gasteiger partial charge < -0.3 is 4.74 Å². The molecule has 2 heteroatoms. The molecule has 0 N–H and O–H groups in total. The molecule has 0 spiro atoms. The molecule has 0 fully saturated rings. The van der Waals surface area contributed by atoms with E-state index in [9.17, 15) is 4.79 Å². The molecule has 0 aliphatic carbocycles. The molecule has 1 aromatic carbocycles. The fourth-order valence-electron chi connectivity index (χ4n) is 2.85. The molecule has 1 atom stereocenters. The normalized spacial score (nSPS) is 12.4. The van der Waals surface area contributed by atoms with Crippen LogP contribution in [0.4, 0.5) is 0 Å². The molecule has 21 heavy (non-hydrogen) atoms. The third-order valence-corrected chi connectivity index (χ3v) is 3.92. The Morgan fingerprint density at radius 1 is 1.10 bits per heavy atom. The lowest BCUT2D eigenvalue weighted by Crippen LogP contribution is -2.17. The lowest BCUT2D eigenvalue weighted by Gasteiger charge is -2.14. The highest BCUT2D eigenvalue weighted by Gasteiger charge is 2.14. The minimum absolute atomic E-state index is 0.102. The first kappa shape index (κ1) is 17.9. The lowest BCUT2D eigenvalue weighted by molar-refractivity contribution is 0.0482. The number of hydrogen-bond acceptors (Lipinski definition) is 2. The highest BCUT2D eigenvalue weighted by atomic mass is 16.5. The van der Waals surface area contributed by atoms with Crippen LogP contribution in [0.5, 0.6) is 0 Å². The Morgan fingerprint density at radius 2 is 1.71 bits per heavy atom. The fraction of sp³-hybridized carbons (Fsp3) is 0.632. The molecule has 1 aromatic rings. The van der Waals surface area contributed by atoms with E-state index in [0.29, 0.717) is 0 Å². The maximum atomic E-state index is 12.4. The van der Waals surface area contributed by atoms with Crippen molar-refractivity contribution < 1.29 is 9.53 Å². The third-order valence-electron chi connectivity index (χ3n) is 3.92. The molecular weight excluding hydrogens is 260 g/mol. The predicted molar refractivity (Wildman–Crippen MR) is 89.2 cm³/mol. The van der Waals surface area contributed by atoms with Gasteiger partial charge in [-0.25, -0.2) is 0 Å². The van der Waals surface area contributed by atoms with E-state index in [1.165, 1.54) is 31.2 Å². The Balaban J connectivity index is 2.47. The van der Waals surface area contributed by atoms with Crippen molar-refractivity contribution >= 4 is 5.78 Å². The van der Waals surface area contributed by atoms with E-state index >= 15 is 0 Å². The van der Waals surface area contributed by atoms with Gasteiger partial charge in [0.1, 0.15) is 6.61 Å². The van der Waals surface area contributed by atoms with Crippen molar-refractivity contribution in [1.29, 1.82) is 0 Å². The number of rotatable bonds is 9. The van der Waals surface area contributed by atoms with Gasteiger partial charge in [0, 0.05) is 5.56 Å². The molecule has 2 nitrogen and oxygen atoms in total. The Labute approximate surface area is 129 Å². The molecule has 0 saturated carbocycles. The van der Waals surface area contributed by atoms with Crippen LogP contribution in [0, 0.1) is 20.8 Å². The van der Waals surface area contributed by atoms with Crippen molar-refractivity contribution in [3.05, 3.63) is 34.4 Å². The number of carbonyl (C=O) groups is 1. The number of ketones is 1. The molecule has 118 valence electrons. The first-order valence-corrected chi connectivity index (χ1v) is 8.18. The smallest absolute Gasteiger partial charge is 0.189 e. The zero-order valence-corrected chi connectivity index (χ0v) is 14.3. The van der Waals surface area contributed by atoms with Gasteiger partial charge >= 0.3 is 0 Å². The van der Waals surface area contributed by atoms with Crippen LogP contribution in [-0.4, -0.2) is 18.5 Å². The summed E-state index contributed by atoms with van der Waals surface area (Å²) in [6.07, 6.45) is 6.18. The molecular formula is C19H30O2. The van der Waals surface area contributed by atoms with Crippen LogP contribution in [0.3, 0.4) is 0 Å². The summed E-state index contributed by atoms with van der Waals surface area (Å²) < 4.78 is 5.73. The Kier molecular flexibility index (Phi) is 7.66. The molecule has 0 heterocycles. The summed E-state index contributed by atoms with van der Waals surface area (Å²) in [6, 6.07) is 4.13. The van der Waals surface area contributed by atoms with Crippen LogP contribution in [0.15, 0.2) is 12.1 Å². The molecule has 0 aliphatic heterocycles. The van der Waals surface area contributed by atoms with Gasteiger partial charge in [0.15, 0.2) is 5.78 Å². The van der Waals surface area contributed by atoms with Crippen molar-refractivity contribution in [3.8, 4) is 0 Å². The number of benzene rings is 1. The summed E-state index contributed by atoms with van der Waals surface area (Å²) >= 11 is 0. The summed E-state index contributed by atoms with van der Waals surface area (Å²) in [5.41, 5.74) is 4.14. The second-order valence-electron chi connectivity index (χ2n) is 6.17. The third kappa shape index (κ3) is 6.01. The Hall–Kier alpha value is -1.15. The first-order valence-electron chi connectivity index (χ1n) is 8.18. The van der Waals surface area contributed by atoms with Gasteiger partial charge in [-0.2, -0.15) is 0 Å². The average molecular weight is 290 g/mol. The molecule has 0 radical (unpaired) electrons. The van der Waals surface area contributed by atoms with E-state index in [1.807, 2.05) is 13.8 Å². The van der Waals surface area contributed by atoms with Gasteiger partial charge in [-0.15, -0.1) is 0 Å². The maximum absolute atomic E-state index is 12.4. The molecule has 0 aromatic heterocycles. The molecule has 0 amide bonds. The molecule has 1 rings (SSSR count).